The van der Waals surface area contributed by atoms with Crippen LogP contribution in [0.3, 0.4) is 0 Å². The Morgan fingerprint density at radius 1 is 1.48 bits per heavy atom. The Bertz CT molecular complexity index is 541. The Kier molecular flexibility index (Phi) is 5.46. The zero-order valence-corrected chi connectivity index (χ0v) is 12.8. The summed E-state index contributed by atoms with van der Waals surface area (Å²) in [5.74, 6) is -0.295. The van der Waals surface area contributed by atoms with Crippen molar-refractivity contribution < 1.29 is 22.7 Å². The molecule has 2 rings (SSSR count). The van der Waals surface area contributed by atoms with Gasteiger partial charge in [-0.05, 0) is 37.8 Å². The number of nitrogens with zero attached hydrogens (tertiary/aromatic N) is 2. The highest BCUT2D eigenvalue weighted by Crippen LogP contribution is 2.24. The highest BCUT2D eigenvalue weighted by molar-refractivity contribution is 5.96. The molecule has 0 aliphatic carbocycles. The molecule has 1 atom stereocenters. The summed E-state index contributed by atoms with van der Waals surface area (Å²) in [7, 11) is 0. The standard InChI is InChI=1S/C15H20F3N3O2/c1-10(19)11-4-7-21(8-5-11)14(22)12-3-2-6-20-13(12)23-9-15(16,17)18/h2-3,6,10-11H,4-5,7-9,19H2,1H3. The average Bonchev–Trinajstić information content (AvgIpc) is 2.52. The van der Waals surface area contributed by atoms with E-state index in [2.05, 4.69) is 9.72 Å². The van der Waals surface area contributed by atoms with Crippen molar-refractivity contribution in [1.29, 1.82) is 0 Å². The summed E-state index contributed by atoms with van der Waals surface area (Å²) in [5, 5.41) is 0. The number of hydrogen-bond donors (Lipinski definition) is 1. The van der Waals surface area contributed by atoms with Crippen LogP contribution in [0.15, 0.2) is 18.3 Å². The fourth-order valence-corrected chi connectivity index (χ4v) is 2.62. The molecule has 1 aromatic rings. The summed E-state index contributed by atoms with van der Waals surface area (Å²) in [4.78, 5) is 17.9. The maximum absolute atomic E-state index is 12.5. The van der Waals surface area contributed by atoms with E-state index in [-0.39, 0.29) is 23.4 Å². The first-order valence-electron chi connectivity index (χ1n) is 7.47. The molecule has 1 fully saturated rings. The van der Waals surface area contributed by atoms with E-state index in [9.17, 15) is 18.0 Å². The lowest BCUT2D eigenvalue weighted by Gasteiger charge is -2.33. The maximum atomic E-state index is 12.5. The molecule has 0 aromatic carbocycles. The highest BCUT2D eigenvalue weighted by atomic mass is 19.4. The Morgan fingerprint density at radius 3 is 2.70 bits per heavy atom. The van der Waals surface area contributed by atoms with Crippen LogP contribution < -0.4 is 10.5 Å². The van der Waals surface area contributed by atoms with Gasteiger partial charge in [0.15, 0.2) is 6.61 Å². The molecular formula is C15H20F3N3O2. The van der Waals surface area contributed by atoms with Gasteiger partial charge in [-0.25, -0.2) is 4.98 Å². The average molecular weight is 331 g/mol. The van der Waals surface area contributed by atoms with Crippen molar-refractivity contribution >= 4 is 5.91 Å². The van der Waals surface area contributed by atoms with Crippen LogP contribution in [0.25, 0.3) is 0 Å². The third-order valence-corrected chi connectivity index (χ3v) is 3.94. The molecule has 23 heavy (non-hydrogen) atoms. The van der Waals surface area contributed by atoms with Gasteiger partial charge in [-0.15, -0.1) is 0 Å². The smallest absolute Gasteiger partial charge is 0.422 e. The third kappa shape index (κ3) is 4.82. The minimum atomic E-state index is -4.48. The van der Waals surface area contributed by atoms with Gasteiger partial charge in [0.2, 0.25) is 5.88 Å². The van der Waals surface area contributed by atoms with Crippen LogP contribution in [0.4, 0.5) is 13.2 Å². The molecule has 2 heterocycles. The largest absolute Gasteiger partial charge is 0.467 e. The number of rotatable bonds is 4. The number of amides is 1. The Balaban J connectivity index is 2.05. The van der Waals surface area contributed by atoms with E-state index >= 15 is 0 Å². The van der Waals surface area contributed by atoms with E-state index < -0.39 is 12.8 Å². The number of aromatic nitrogens is 1. The van der Waals surface area contributed by atoms with E-state index in [1.54, 1.807) is 4.90 Å². The van der Waals surface area contributed by atoms with Gasteiger partial charge < -0.3 is 15.4 Å². The number of carbonyl (C=O) groups excluding carboxylic acids is 1. The molecule has 0 radical (unpaired) electrons. The summed E-state index contributed by atoms with van der Waals surface area (Å²) in [6, 6.07) is 3.00. The van der Waals surface area contributed by atoms with Gasteiger partial charge in [0, 0.05) is 25.3 Å². The highest BCUT2D eigenvalue weighted by Gasteiger charge is 2.31. The van der Waals surface area contributed by atoms with Crippen molar-refractivity contribution in [1.82, 2.24) is 9.88 Å². The van der Waals surface area contributed by atoms with Gasteiger partial charge >= 0.3 is 6.18 Å². The van der Waals surface area contributed by atoms with Crippen molar-refractivity contribution in [3.05, 3.63) is 23.9 Å². The molecule has 1 aromatic heterocycles. The number of hydrogen-bond acceptors (Lipinski definition) is 4. The molecule has 1 amide bonds. The van der Waals surface area contributed by atoms with Crippen molar-refractivity contribution in [2.75, 3.05) is 19.7 Å². The van der Waals surface area contributed by atoms with E-state index in [1.807, 2.05) is 6.92 Å². The second-order valence-corrected chi connectivity index (χ2v) is 5.75. The molecule has 8 heteroatoms. The number of likely N-dealkylation sites (tertiary alicyclic amines) is 1. The summed E-state index contributed by atoms with van der Waals surface area (Å²) in [6.07, 6.45) is -1.62. The molecule has 0 saturated carbocycles. The Morgan fingerprint density at radius 2 is 2.13 bits per heavy atom. The number of nitrogens with two attached hydrogens (primary N) is 1. The van der Waals surface area contributed by atoms with E-state index in [0.717, 1.165) is 12.8 Å². The Labute approximate surface area is 132 Å². The van der Waals surface area contributed by atoms with Crippen LogP contribution in [0.1, 0.15) is 30.1 Å². The van der Waals surface area contributed by atoms with Crippen LogP contribution in [-0.2, 0) is 0 Å². The summed E-state index contributed by atoms with van der Waals surface area (Å²) >= 11 is 0. The zero-order chi connectivity index (χ0) is 17.0. The first-order valence-corrected chi connectivity index (χ1v) is 7.47. The first-order chi connectivity index (χ1) is 10.8. The van der Waals surface area contributed by atoms with Gasteiger partial charge in [-0.3, -0.25) is 4.79 Å². The number of carbonyl (C=O) groups is 1. The van der Waals surface area contributed by atoms with Gasteiger partial charge in [0.1, 0.15) is 5.56 Å². The van der Waals surface area contributed by atoms with Crippen molar-refractivity contribution in [3.63, 3.8) is 0 Å². The lowest BCUT2D eigenvalue weighted by atomic mass is 9.91. The number of pyridine rings is 1. The maximum Gasteiger partial charge on any atom is 0.422 e. The van der Waals surface area contributed by atoms with Gasteiger partial charge in [-0.1, -0.05) is 0 Å². The van der Waals surface area contributed by atoms with Crippen LogP contribution in [-0.4, -0.2) is 47.7 Å². The summed E-state index contributed by atoms with van der Waals surface area (Å²) in [6.45, 7) is 1.51. The monoisotopic (exact) mass is 331 g/mol. The molecule has 2 N–H and O–H groups in total. The predicted molar refractivity (Wildman–Crippen MR) is 78.1 cm³/mol. The van der Waals surface area contributed by atoms with Gasteiger partial charge in [-0.2, -0.15) is 13.2 Å². The van der Waals surface area contributed by atoms with E-state index in [1.165, 1.54) is 18.3 Å². The molecule has 5 nitrogen and oxygen atoms in total. The predicted octanol–water partition coefficient (Wildman–Crippen LogP) is 2.22. The zero-order valence-electron chi connectivity index (χ0n) is 12.8. The quantitative estimate of drug-likeness (QED) is 0.918. The minimum absolute atomic E-state index is 0.0518. The van der Waals surface area contributed by atoms with E-state index in [0.29, 0.717) is 19.0 Å². The second-order valence-electron chi connectivity index (χ2n) is 5.75. The minimum Gasteiger partial charge on any atom is -0.467 e. The third-order valence-electron chi connectivity index (χ3n) is 3.94. The van der Waals surface area contributed by atoms with Crippen LogP contribution >= 0.6 is 0 Å². The first kappa shape index (κ1) is 17.5. The topological polar surface area (TPSA) is 68.5 Å². The second kappa shape index (κ2) is 7.16. The number of piperidine rings is 1. The van der Waals surface area contributed by atoms with Crippen molar-refractivity contribution in [2.45, 2.75) is 32.0 Å². The SMILES string of the molecule is CC(N)C1CCN(C(=O)c2cccnc2OCC(F)(F)F)CC1. The lowest BCUT2D eigenvalue weighted by molar-refractivity contribution is -0.154. The van der Waals surface area contributed by atoms with Gasteiger partial charge in [0.25, 0.3) is 5.91 Å². The molecule has 1 aliphatic heterocycles. The molecule has 1 saturated heterocycles. The van der Waals surface area contributed by atoms with Crippen molar-refractivity contribution in [3.8, 4) is 5.88 Å². The molecule has 0 spiro atoms. The van der Waals surface area contributed by atoms with Crippen LogP contribution in [0.5, 0.6) is 5.88 Å². The van der Waals surface area contributed by atoms with Crippen molar-refractivity contribution in [2.24, 2.45) is 11.7 Å². The summed E-state index contributed by atoms with van der Waals surface area (Å²) in [5.41, 5.74) is 5.92. The van der Waals surface area contributed by atoms with Gasteiger partial charge in [0.05, 0.1) is 0 Å². The number of ether oxygens (including phenoxy) is 1. The molecular weight excluding hydrogens is 311 g/mol. The molecule has 1 unspecified atom stereocenters. The molecule has 128 valence electrons. The normalized spacial score (nSPS) is 17.9. The molecule has 0 bridgehead atoms. The summed E-state index contributed by atoms with van der Waals surface area (Å²) < 4.78 is 41.5. The van der Waals surface area contributed by atoms with Crippen LogP contribution in [0.2, 0.25) is 0 Å². The number of alkyl halides is 3. The fourth-order valence-electron chi connectivity index (χ4n) is 2.62. The van der Waals surface area contributed by atoms with Crippen LogP contribution in [0, 0.1) is 5.92 Å². The number of halogens is 3. The van der Waals surface area contributed by atoms with E-state index in [4.69, 9.17) is 5.73 Å². The fraction of sp³-hybridized carbons (Fsp3) is 0.600. The Hall–Kier alpha value is -1.83. The molecule has 1 aliphatic rings. The lowest BCUT2D eigenvalue weighted by Crippen LogP contribution is -2.42.